The molecule has 1 rings (SSSR count). The highest BCUT2D eigenvalue weighted by molar-refractivity contribution is 7.09. The number of amides is 2. The Morgan fingerprint density at radius 3 is 1.67 bits per heavy atom. The van der Waals surface area contributed by atoms with Crippen molar-refractivity contribution in [2.45, 2.75) is 129 Å². The normalized spacial score (nSPS) is 11.8. The minimum Gasteiger partial charge on any atom is -0.447 e. The Balaban J connectivity index is 1.88. The summed E-state index contributed by atoms with van der Waals surface area (Å²) in [6.45, 7) is 5.33. The number of rotatable bonds is 25. The maximum Gasteiger partial charge on any atom is 0.407 e. The zero-order chi connectivity index (χ0) is 28.4. The van der Waals surface area contributed by atoms with Crippen LogP contribution >= 0.6 is 11.3 Å². The highest BCUT2D eigenvalue weighted by Gasteiger charge is 2.14. The number of unbranched alkanes of at least 4 members (excludes halogenated alkanes) is 15. The number of hydrogen-bond acceptors (Lipinski definition) is 7. The summed E-state index contributed by atoms with van der Waals surface area (Å²) in [6, 6.07) is 0. The Labute approximate surface area is 241 Å². The lowest BCUT2D eigenvalue weighted by Crippen LogP contribution is -2.34. The largest absolute Gasteiger partial charge is 0.447 e. The van der Waals surface area contributed by atoms with Gasteiger partial charge in [-0.1, -0.05) is 103 Å². The molecule has 226 valence electrons. The maximum atomic E-state index is 11.9. The number of ether oxygens (including phenoxy) is 3. The summed E-state index contributed by atoms with van der Waals surface area (Å²) in [5.41, 5.74) is 2.78. The first-order valence-electron chi connectivity index (χ1n) is 15.3. The Hall–Kier alpha value is -1.87. The van der Waals surface area contributed by atoms with Gasteiger partial charge in [-0.05, 0) is 13.3 Å². The molecule has 0 bridgehead atoms. The molecule has 9 heteroatoms. The predicted molar refractivity (Wildman–Crippen MR) is 160 cm³/mol. The fourth-order valence-electron chi connectivity index (χ4n) is 4.33. The van der Waals surface area contributed by atoms with Crippen LogP contribution in [0.2, 0.25) is 0 Å². The van der Waals surface area contributed by atoms with E-state index in [1.54, 1.807) is 16.8 Å². The van der Waals surface area contributed by atoms with Gasteiger partial charge in [0.1, 0.15) is 19.3 Å². The van der Waals surface area contributed by atoms with Gasteiger partial charge in [0.2, 0.25) is 0 Å². The van der Waals surface area contributed by atoms with Gasteiger partial charge in [0, 0.05) is 31.5 Å². The fourth-order valence-corrected chi connectivity index (χ4v) is 5.11. The summed E-state index contributed by atoms with van der Waals surface area (Å²) in [6.07, 6.45) is 20.4. The van der Waals surface area contributed by atoms with Crippen LogP contribution in [0.25, 0.3) is 0 Å². The first-order valence-corrected chi connectivity index (χ1v) is 16.2. The van der Waals surface area contributed by atoms with Crippen LogP contribution < -0.4 is 10.6 Å². The molecule has 8 nitrogen and oxygen atoms in total. The zero-order valence-corrected chi connectivity index (χ0v) is 25.7. The first-order chi connectivity index (χ1) is 19.1. The van der Waals surface area contributed by atoms with Crippen molar-refractivity contribution in [1.82, 2.24) is 15.6 Å². The molecule has 1 atom stereocenters. The van der Waals surface area contributed by atoms with E-state index in [-0.39, 0.29) is 13.2 Å². The van der Waals surface area contributed by atoms with Gasteiger partial charge >= 0.3 is 12.2 Å². The average molecular weight is 570 g/mol. The number of carbonyl (C=O) groups excluding carboxylic acids is 2. The van der Waals surface area contributed by atoms with Crippen LogP contribution in [0.1, 0.15) is 120 Å². The number of alkyl carbamates (subject to hydrolysis) is 2. The van der Waals surface area contributed by atoms with Crippen LogP contribution in [-0.2, 0) is 20.6 Å². The van der Waals surface area contributed by atoms with E-state index in [1.165, 1.54) is 97.0 Å². The van der Waals surface area contributed by atoms with Gasteiger partial charge in [0.25, 0.3) is 0 Å². The lowest BCUT2D eigenvalue weighted by Gasteiger charge is -2.16. The number of nitrogens with zero attached hydrogens (tertiary/aromatic N) is 1. The monoisotopic (exact) mass is 569 g/mol. The van der Waals surface area contributed by atoms with Crippen molar-refractivity contribution in [3.8, 4) is 0 Å². The van der Waals surface area contributed by atoms with Crippen molar-refractivity contribution in [2.24, 2.45) is 0 Å². The molecule has 39 heavy (non-hydrogen) atoms. The molecule has 2 N–H and O–H groups in total. The Morgan fingerprint density at radius 1 is 0.769 bits per heavy atom. The molecule has 0 aliphatic heterocycles. The number of carbonyl (C=O) groups is 2. The van der Waals surface area contributed by atoms with E-state index in [0.717, 1.165) is 23.4 Å². The van der Waals surface area contributed by atoms with Gasteiger partial charge in [0.05, 0.1) is 11.2 Å². The number of methoxy groups -OCH3 is 1. The van der Waals surface area contributed by atoms with Crippen LogP contribution in [-0.4, -0.2) is 56.7 Å². The highest BCUT2D eigenvalue weighted by atomic mass is 32.1. The summed E-state index contributed by atoms with van der Waals surface area (Å²) in [5.74, 6) is 0. The number of nitrogens with one attached hydrogen (secondary N) is 2. The van der Waals surface area contributed by atoms with E-state index < -0.39 is 18.3 Å². The predicted octanol–water partition coefficient (Wildman–Crippen LogP) is 7.72. The minimum atomic E-state index is -0.521. The minimum absolute atomic E-state index is 0.00826. The molecule has 0 spiro atoms. The van der Waals surface area contributed by atoms with Crippen LogP contribution in [0.5, 0.6) is 0 Å². The van der Waals surface area contributed by atoms with Gasteiger partial charge in [-0.15, -0.1) is 11.3 Å². The van der Waals surface area contributed by atoms with E-state index in [4.69, 9.17) is 14.2 Å². The molecule has 0 fully saturated rings. The van der Waals surface area contributed by atoms with Crippen LogP contribution in [0.3, 0.4) is 0 Å². The number of hydrogen-bond donors (Lipinski definition) is 2. The molecule has 0 saturated carbocycles. The van der Waals surface area contributed by atoms with Crippen molar-refractivity contribution in [1.29, 1.82) is 0 Å². The smallest absolute Gasteiger partial charge is 0.407 e. The summed E-state index contributed by atoms with van der Waals surface area (Å²) in [7, 11) is 1.50. The molecular formula is C30H55N3O5S. The lowest BCUT2D eigenvalue weighted by atomic mass is 10.0. The third kappa shape index (κ3) is 20.7. The van der Waals surface area contributed by atoms with Crippen molar-refractivity contribution < 1.29 is 23.8 Å². The number of aryl methyl sites for hydroxylation is 1. The molecule has 0 aliphatic carbocycles. The van der Waals surface area contributed by atoms with Gasteiger partial charge in [-0.2, -0.15) is 0 Å². The number of aromatic nitrogens is 1. The van der Waals surface area contributed by atoms with E-state index >= 15 is 0 Å². The molecule has 1 aromatic heterocycles. The summed E-state index contributed by atoms with van der Waals surface area (Å²) < 4.78 is 15.6. The second kappa shape index (κ2) is 25.1. The lowest BCUT2D eigenvalue weighted by molar-refractivity contribution is -0.00443. The molecule has 0 saturated heterocycles. The zero-order valence-electron chi connectivity index (χ0n) is 24.9. The van der Waals surface area contributed by atoms with E-state index in [9.17, 15) is 9.59 Å². The van der Waals surface area contributed by atoms with Gasteiger partial charge in [-0.25, -0.2) is 14.6 Å². The van der Waals surface area contributed by atoms with Crippen LogP contribution in [0.4, 0.5) is 9.59 Å². The SMILES string of the molecule is CCCCCCCCCCCCCCCCCCNC(=O)OCC(COC(=O)NCCc1scnc1C)OC. The molecular weight excluding hydrogens is 514 g/mol. The van der Waals surface area contributed by atoms with Crippen molar-refractivity contribution >= 4 is 23.5 Å². The first kappa shape index (κ1) is 35.2. The standard InChI is InChI=1S/C30H55N3O5S/c1-4-5-6-7-8-9-10-11-12-13-14-15-16-17-18-19-21-31-29(34)37-23-27(36-3)24-38-30(35)32-22-20-28-26(2)33-25-39-28/h25,27H,4-24H2,1-3H3,(H,31,34)(H,32,35). The van der Waals surface area contributed by atoms with Gasteiger partial charge in [-0.3, -0.25) is 0 Å². The molecule has 2 amide bonds. The summed E-state index contributed by atoms with van der Waals surface area (Å²) >= 11 is 1.57. The van der Waals surface area contributed by atoms with Crippen LogP contribution in [0.15, 0.2) is 5.51 Å². The Bertz CT molecular complexity index is 731. The average Bonchev–Trinajstić information content (AvgIpc) is 3.34. The van der Waals surface area contributed by atoms with Crippen molar-refractivity contribution in [3.05, 3.63) is 16.1 Å². The maximum absolute atomic E-state index is 11.9. The summed E-state index contributed by atoms with van der Waals surface area (Å²) in [5, 5.41) is 5.49. The molecule has 0 aliphatic rings. The van der Waals surface area contributed by atoms with Gasteiger partial charge < -0.3 is 24.8 Å². The molecule has 1 aromatic rings. The second-order valence-corrected chi connectivity index (χ2v) is 11.3. The van der Waals surface area contributed by atoms with Crippen molar-refractivity contribution in [3.63, 3.8) is 0 Å². The second-order valence-electron chi connectivity index (χ2n) is 10.3. The topological polar surface area (TPSA) is 98.8 Å². The third-order valence-electron chi connectivity index (χ3n) is 6.90. The highest BCUT2D eigenvalue weighted by Crippen LogP contribution is 2.14. The van der Waals surface area contributed by atoms with Crippen LogP contribution in [0, 0.1) is 6.92 Å². The number of thiazole rings is 1. The molecule has 0 radical (unpaired) electrons. The Morgan fingerprint density at radius 2 is 1.23 bits per heavy atom. The quantitative estimate of drug-likeness (QED) is 0.117. The molecule has 0 aromatic carbocycles. The molecule has 1 heterocycles. The van der Waals surface area contributed by atoms with Crippen molar-refractivity contribution in [2.75, 3.05) is 33.4 Å². The molecule has 1 unspecified atom stereocenters. The Kier molecular flexibility index (Phi) is 22.6. The van der Waals surface area contributed by atoms with E-state index in [1.807, 2.05) is 6.92 Å². The van der Waals surface area contributed by atoms with Gasteiger partial charge in [0.15, 0.2) is 0 Å². The van der Waals surface area contributed by atoms with E-state index in [0.29, 0.717) is 19.5 Å². The third-order valence-corrected chi connectivity index (χ3v) is 7.89. The fraction of sp³-hybridized carbons (Fsp3) is 0.833. The summed E-state index contributed by atoms with van der Waals surface area (Å²) in [4.78, 5) is 29.1. The van der Waals surface area contributed by atoms with E-state index in [2.05, 4.69) is 22.5 Å².